The summed E-state index contributed by atoms with van der Waals surface area (Å²) in [5.41, 5.74) is 2.53. The van der Waals surface area contributed by atoms with Crippen LogP contribution in [0.4, 0.5) is 4.79 Å². The molecule has 0 fully saturated rings. The van der Waals surface area contributed by atoms with Crippen LogP contribution in [0.3, 0.4) is 0 Å². The minimum Gasteiger partial charge on any atom is -0.478 e. The first-order valence-electron chi connectivity index (χ1n) is 8.01. The Kier molecular flexibility index (Phi) is 4.95. The number of hydrogen-bond donors (Lipinski definition) is 1. The SMILES string of the molecule is CC1c2c(Cl)ccc(C(=O)O)c2CCN1C(=O)OCc1ccccc1. The summed E-state index contributed by atoms with van der Waals surface area (Å²) in [4.78, 5) is 25.5. The van der Waals surface area contributed by atoms with E-state index in [2.05, 4.69) is 0 Å². The molecule has 2 aromatic carbocycles. The highest BCUT2D eigenvalue weighted by atomic mass is 35.5. The van der Waals surface area contributed by atoms with E-state index in [4.69, 9.17) is 16.3 Å². The number of halogens is 1. The van der Waals surface area contributed by atoms with E-state index in [9.17, 15) is 14.7 Å². The fourth-order valence-electron chi connectivity index (χ4n) is 3.19. The van der Waals surface area contributed by atoms with E-state index in [-0.39, 0.29) is 18.2 Å². The molecule has 2 aromatic rings. The highest BCUT2D eigenvalue weighted by molar-refractivity contribution is 6.31. The van der Waals surface area contributed by atoms with Gasteiger partial charge in [-0.1, -0.05) is 41.9 Å². The summed E-state index contributed by atoms with van der Waals surface area (Å²) in [6.45, 7) is 2.42. The number of benzene rings is 2. The molecular weight excluding hydrogens is 342 g/mol. The van der Waals surface area contributed by atoms with E-state index in [0.717, 1.165) is 5.56 Å². The summed E-state index contributed by atoms with van der Waals surface area (Å²) in [6, 6.07) is 12.2. The quantitative estimate of drug-likeness (QED) is 0.887. The average Bonchev–Trinajstić information content (AvgIpc) is 2.60. The lowest BCUT2D eigenvalue weighted by atomic mass is 9.90. The smallest absolute Gasteiger partial charge is 0.410 e. The van der Waals surface area contributed by atoms with Crippen molar-refractivity contribution >= 4 is 23.7 Å². The normalized spacial score (nSPS) is 16.2. The standard InChI is InChI=1S/C19H18ClNO4/c1-12-17-14(15(18(22)23)7-8-16(17)20)9-10-21(12)19(24)25-11-13-5-3-2-4-6-13/h2-8,12H,9-11H2,1H3,(H,22,23). The molecule has 5 nitrogen and oxygen atoms in total. The molecule has 1 aliphatic rings. The van der Waals surface area contributed by atoms with E-state index in [1.165, 1.54) is 6.07 Å². The van der Waals surface area contributed by atoms with Gasteiger partial charge in [-0.15, -0.1) is 0 Å². The zero-order valence-corrected chi connectivity index (χ0v) is 14.5. The molecule has 1 N–H and O–H groups in total. The van der Waals surface area contributed by atoms with Crippen LogP contribution in [-0.2, 0) is 17.8 Å². The highest BCUT2D eigenvalue weighted by Gasteiger charge is 2.32. The third-order valence-corrected chi connectivity index (χ3v) is 4.79. The molecule has 0 bridgehead atoms. The molecule has 1 heterocycles. The molecule has 6 heteroatoms. The summed E-state index contributed by atoms with van der Waals surface area (Å²) in [7, 11) is 0. The predicted molar refractivity (Wildman–Crippen MR) is 93.9 cm³/mol. The maximum Gasteiger partial charge on any atom is 0.410 e. The number of hydrogen-bond acceptors (Lipinski definition) is 3. The Bertz CT molecular complexity index is 807. The summed E-state index contributed by atoms with van der Waals surface area (Å²) in [5, 5.41) is 9.82. The number of carbonyl (C=O) groups excluding carboxylic acids is 1. The summed E-state index contributed by atoms with van der Waals surface area (Å²) >= 11 is 6.28. The van der Waals surface area contributed by atoms with Gasteiger partial charge in [-0.05, 0) is 42.2 Å². The molecule has 1 unspecified atom stereocenters. The van der Waals surface area contributed by atoms with E-state index >= 15 is 0 Å². The van der Waals surface area contributed by atoms with Gasteiger partial charge < -0.3 is 14.7 Å². The zero-order chi connectivity index (χ0) is 18.0. The molecular formula is C19H18ClNO4. The molecule has 0 saturated heterocycles. The number of nitrogens with zero attached hydrogens (tertiary/aromatic N) is 1. The Morgan fingerprint density at radius 2 is 1.96 bits per heavy atom. The lowest BCUT2D eigenvalue weighted by Crippen LogP contribution is -2.39. The number of rotatable bonds is 3. The number of amides is 1. The van der Waals surface area contributed by atoms with E-state index in [1.54, 1.807) is 11.0 Å². The minimum absolute atomic E-state index is 0.193. The number of aromatic carboxylic acids is 1. The predicted octanol–water partition coefficient (Wildman–Crippen LogP) is 4.29. The van der Waals surface area contributed by atoms with Gasteiger partial charge in [0.05, 0.1) is 11.6 Å². The zero-order valence-electron chi connectivity index (χ0n) is 13.7. The molecule has 0 saturated carbocycles. The Morgan fingerprint density at radius 3 is 2.64 bits per heavy atom. The number of ether oxygens (including phenoxy) is 1. The second kappa shape index (κ2) is 7.15. The first-order valence-corrected chi connectivity index (χ1v) is 8.38. The Morgan fingerprint density at radius 1 is 1.24 bits per heavy atom. The molecule has 1 atom stereocenters. The van der Waals surface area contributed by atoms with Crippen LogP contribution in [-0.4, -0.2) is 28.6 Å². The van der Waals surface area contributed by atoms with Crippen molar-refractivity contribution in [2.24, 2.45) is 0 Å². The second-order valence-corrected chi connectivity index (χ2v) is 6.36. The van der Waals surface area contributed by atoms with Crippen molar-refractivity contribution in [3.05, 3.63) is 69.7 Å². The van der Waals surface area contributed by atoms with Crippen LogP contribution in [0.2, 0.25) is 5.02 Å². The molecule has 1 amide bonds. The van der Waals surface area contributed by atoms with Gasteiger partial charge in [0.15, 0.2) is 0 Å². The van der Waals surface area contributed by atoms with Gasteiger partial charge in [-0.2, -0.15) is 0 Å². The van der Waals surface area contributed by atoms with Gasteiger partial charge >= 0.3 is 12.1 Å². The Labute approximate surface area is 150 Å². The molecule has 0 radical (unpaired) electrons. The molecule has 0 spiro atoms. The lowest BCUT2D eigenvalue weighted by molar-refractivity contribution is 0.0692. The van der Waals surface area contributed by atoms with Crippen LogP contribution in [0.5, 0.6) is 0 Å². The third-order valence-electron chi connectivity index (χ3n) is 4.46. The number of carbonyl (C=O) groups is 2. The van der Waals surface area contributed by atoms with Crippen molar-refractivity contribution in [1.82, 2.24) is 4.90 Å². The lowest BCUT2D eigenvalue weighted by Gasteiger charge is -2.35. The third kappa shape index (κ3) is 3.46. The number of carboxylic acid groups (broad SMARTS) is 1. The highest BCUT2D eigenvalue weighted by Crippen LogP contribution is 2.37. The summed E-state index contributed by atoms with van der Waals surface area (Å²) in [6.07, 6.45) is 0.00117. The molecule has 3 rings (SSSR count). The van der Waals surface area contributed by atoms with E-state index in [0.29, 0.717) is 29.1 Å². The van der Waals surface area contributed by atoms with Gasteiger partial charge in [0, 0.05) is 11.6 Å². The number of fused-ring (bicyclic) bond motifs is 1. The van der Waals surface area contributed by atoms with Crippen molar-refractivity contribution in [2.75, 3.05) is 6.54 Å². The minimum atomic E-state index is -0.986. The molecule has 0 aliphatic carbocycles. The van der Waals surface area contributed by atoms with Crippen LogP contribution in [0.1, 0.15) is 40.0 Å². The summed E-state index contributed by atoms with van der Waals surface area (Å²) in [5.74, 6) is -0.986. The second-order valence-electron chi connectivity index (χ2n) is 5.95. The maximum atomic E-state index is 12.5. The molecule has 25 heavy (non-hydrogen) atoms. The van der Waals surface area contributed by atoms with Gasteiger partial charge in [0.1, 0.15) is 6.61 Å². The van der Waals surface area contributed by atoms with Crippen molar-refractivity contribution in [1.29, 1.82) is 0 Å². The molecule has 130 valence electrons. The van der Waals surface area contributed by atoms with Gasteiger partial charge in [-0.3, -0.25) is 0 Å². The van der Waals surface area contributed by atoms with E-state index in [1.807, 2.05) is 37.3 Å². The van der Waals surface area contributed by atoms with Crippen molar-refractivity contribution in [3.63, 3.8) is 0 Å². The van der Waals surface area contributed by atoms with Crippen LogP contribution < -0.4 is 0 Å². The largest absolute Gasteiger partial charge is 0.478 e. The van der Waals surface area contributed by atoms with Crippen LogP contribution in [0, 0.1) is 0 Å². The first-order chi connectivity index (χ1) is 12.0. The van der Waals surface area contributed by atoms with Crippen molar-refractivity contribution < 1.29 is 19.4 Å². The van der Waals surface area contributed by atoms with Crippen LogP contribution in [0.15, 0.2) is 42.5 Å². The Balaban J connectivity index is 1.79. The van der Waals surface area contributed by atoms with Gasteiger partial charge in [0.2, 0.25) is 0 Å². The van der Waals surface area contributed by atoms with Crippen LogP contribution >= 0.6 is 11.6 Å². The van der Waals surface area contributed by atoms with Crippen molar-refractivity contribution in [3.8, 4) is 0 Å². The monoisotopic (exact) mass is 359 g/mol. The maximum absolute atomic E-state index is 12.5. The van der Waals surface area contributed by atoms with E-state index < -0.39 is 12.1 Å². The Hall–Kier alpha value is -2.53. The topological polar surface area (TPSA) is 66.8 Å². The fourth-order valence-corrected chi connectivity index (χ4v) is 3.53. The fraction of sp³-hybridized carbons (Fsp3) is 0.263. The molecule has 0 aromatic heterocycles. The average molecular weight is 360 g/mol. The van der Waals surface area contributed by atoms with Gasteiger partial charge in [-0.25, -0.2) is 9.59 Å². The van der Waals surface area contributed by atoms with Crippen molar-refractivity contribution in [2.45, 2.75) is 26.0 Å². The first kappa shape index (κ1) is 17.3. The van der Waals surface area contributed by atoms with Gasteiger partial charge in [0.25, 0.3) is 0 Å². The van der Waals surface area contributed by atoms with Crippen LogP contribution in [0.25, 0.3) is 0 Å². The number of carboxylic acids is 1. The molecule has 1 aliphatic heterocycles. The summed E-state index contributed by atoms with van der Waals surface area (Å²) < 4.78 is 5.40.